The van der Waals surface area contributed by atoms with Gasteiger partial charge >= 0.3 is 0 Å². The summed E-state index contributed by atoms with van der Waals surface area (Å²) < 4.78 is 22.5. The first-order valence-electron chi connectivity index (χ1n) is 25.9. The molecule has 2 rings (SSSR count). The highest BCUT2D eigenvalue weighted by Gasteiger charge is 2.51. The fourth-order valence-electron chi connectivity index (χ4n) is 8.70. The van der Waals surface area contributed by atoms with Crippen LogP contribution in [0.2, 0.25) is 0 Å². The Morgan fingerprint density at radius 2 is 0.969 bits per heavy atom. The Kier molecular flexibility index (Phi) is 34.7. The van der Waals surface area contributed by atoms with Crippen molar-refractivity contribution in [3.63, 3.8) is 0 Å². The summed E-state index contributed by atoms with van der Waals surface area (Å²) in [6.07, 6.45) is 23.9. The van der Waals surface area contributed by atoms with E-state index < -0.39 is 86.8 Å². The molecule has 2 fully saturated rings. The molecule has 0 aromatic rings. The van der Waals surface area contributed by atoms with Crippen LogP contribution in [0, 0.1) is 0 Å². The first-order chi connectivity index (χ1) is 31.1. The predicted octanol–water partition coefficient (Wildman–Crippen LogP) is 6.77. The van der Waals surface area contributed by atoms with Crippen molar-refractivity contribution in [2.45, 2.75) is 280 Å². The molecule has 0 aromatic carbocycles. The van der Waals surface area contributed by atoms with Crippen LogP contribution in [0.5, 0.6) is 0 Å². The van der Waals surface area contributed by atoms with Gasteiger partial charge in [0.2, 0.25) is 5.91 Å². The molecule has 14 heteroatoms. The van der Waals surface area contributed by atoms with Crippen molar-refractivity contribution in [1.82, 2.24) is 5.32 Å². The Morgan fingerprint density at radius 3 is 1.44 bits per heavy atom. The molecule has 9 N–H and O–H groups in total. The highest BCUT2D eigenvalue weighted by Crippen LogP contribution is 2.30. The number of aliphatic hydroxyl groups excluding tert-OH is 8. The van der Waals surface area contributed by atoms with Gasteiger partial charge in [-0.1, -0.05) is 193 Å². The average Bonchev–Trinajstić information content (AvgIpc) is 3.29. The minimum Gasteiger partial charge on any atom is -0.394 e. The monoisotopic (exact) mass is 918 g/mol. The molecule has 0 saturated carbocycles. The minimum absolute atomic E-state index is 0.263. The van der Waals surface area contributed by atoms with E-state index in [9.17, 15) is 45.6 Å². The molecule has 2 heterocycles. The molecular formula is C50H95NO13. The molecule has 0 radical (unpaired) electrons. The lowest BCUT2D eigenvalue weighted by Crippen LogP contribution is -2.65. The quantitative estimate of drug-likeness (QED) is 0.0229. The number of unbranched alkanes of at least 4 members (excludes halogenated alkanes) is 27. The molecule has 378 valence electrons. The fraction of sp³-hybridized carbons (Fsp3) is 0.940. The van der Waals surface area contributed by atoms with E-state index in [0.29, 0.717) is 6.42 Å². The molecule has 12 unspecified atom stereocenters. The number of allylic oxidation sites excluding steroid dienone is 1. The molecule has 1 amide bonds. The summed E-state index contributed by atoms with van der Waals surface area (Å²) in [7, 11) is 0. The van der Waals surface area contributed by atoms with Crippen molar-refractivity contribution in [3.8, 4) is 0 Å². The summed E-state index contributed by atoms with van der Waals surface area (Å²) in [5, 5.41) is 86.1. The summed E-state index contributed by atoms with van der Waals surface area (Å²) in [6, 6.07) is -0.905. The number of aliphatic hydroxyl groups is 8. The van der Waals surface area contributed by atoms with Crippen LogP contribution in [0.3, 0.4) is 0 Å². The maximum atomic E-state index is 12.8. The van der Waals surface area contributed by atoms with Gasteiger partial charge in [0.1, 0.15) is 48.8 Å². The molecule has 12 atom stereocenters. The van der Waals surface area contributed by atoms with Crippen molar-refractivity contribution in [2.24, 2.45) is 0 Å². The standard InChI is InChI=1S/C50H95NO13/c1-3-5-7-8-9-10-11-12-13-14-15-16-17-18-19-20-21-22-23-24-25-26-27-28-29-30-32-33-39(54)38(51-42(55)34-31-6-4-2)37-61-49-47(60)45(58)48(41(36-53)63-49)64-50-46(59)44(57)43(56)40(35-52)62-50/h32-33,38-41,43-50,52-54,56-60H,3-31,34-37H2,1-2H3,(H,51,55)/b33-32+. The van der Waals surface area contributed by atoms with Gasteiger partial charge in [0, 0.05) is 6.42 Å². The van der Waals surface area contributed by atoms with Gasteiger partial charge in [-0.3, -0.25) is 4.79 Å². The Labute approximate surface area is 386 Å². The second-order valence-corrected chi connectivity index (χ2v) is 18.7. The normalized spacial score (nSPS) is 27.3. The smallest absolute Gasteiger partial charge is 0.220 e. The summed E-state index contributed by atoms with van der Waals surface area (Å²) >= 11 is 0. The summed E-state index contributed by atoms with van der Waals surface area (Å²) in [6.45, 7) is 2.61. The van der Waals surface area contributed by atoms with Gasteiger partial charge in [0.15, 0.2) is 12.6 Å². The second kappa shape index (κ2) is 37.7. The van der Waals surface area contributed by atoms with Crippen LogP contribution in [0.4, 0.5) is 0 Å². The van der Waals surface area contributed by atoms with Crippen LogP contribution in [-0.2, 0) is 23.7 Å². The van der Waals surface area contributed by atoms with Crippen molar-refractivity contribution in [3.05, 3.63) is 12.2 Å². The van der Waals surface area contributed by atoms with Crippen molar-refractivity contribution < 1.29 is 64.6 Å². The van der Waals surface area contributed by atoms with Crippen molar-refractivity contribution in [1.29, 1.82) is 0 Å². The Bertz CT molecular complexity index is 1130. The maximum Gasteiger partial charge on any atom is 0.220 e. The van der Waals surface area contributed by atoms with Gasteiger partial charge in [0.05, 0.1) is 32.0 Å². The van der Waals surface area contributed by atoms with Crippen LogP contribution in [0.25, 0.3) is 0 Å². The third kappa shape index (κ3) is 24.7. The number of carbonyl (C=O) groups excluding carboxylic acids is 1. The van der Waals surface area contributed by atoms with E-state index >= 15 is 0 Å². The van der Waals surface area contributed by atoms with E-state index in [-0.39, 0.29) is 18.9 Å². The minimum atomic E-state index is -1.78. The molecule has 0 aromatic heterocycles. The van der Waals surface area contributed by atoms with Gasteiger partial charge in [-0.05, 0) is 19.3 Å². The lowest BCUT2D eigenvalue weighted by Gasteiger charge is -2.46. The van der Waals surface area contributed by atoms with E-state index in [1.165, 1.54) is 148 Å². The topological polar surface area (TPSA) is 228 Å². The van der Waals surface area contributed by atoms with Gasteiger partial charge < -0.3 is 65.1 Å². The zero-order chi connectivity index (χ0) is 46.8. The zero-order valence-corrected chi connectivity index (χ0v) is 40.0. The number of hydrogen-bond acceptors (Lipinski definition) is 13. The van der Waals surface area contributed by atoms with E-state index in [4.69, 9.17) is 18.9 Å². The highest BCUT2D eigenvalue weighted by molar-refractivity contribution is 5.76. The van der Waals surface area contributed by atoms with E-state index in [2.05, 4.69) is 12.2 Å². The summed E-state index contributed by atoms with van der Waals surface area (Å²) in [4.78, 5) is 12.8. The Morgan fingerprint density at radius 1 is 0.547 bits per heavy atom. The lowest BCUT2D eigenvalue weighted by molar-refractivity contribution is -0.359. The molecule has 2 aliphatic rings. The Balaban J connectivity index is 1.62. The van der Waals surface area contributed by atoms with Crippen molar-refractivity contribution in [2.75, 3.05) is 19.8 Å². The van der Waals surface area contributed by atoms with Gasteiger partial charge in [0.25, 0.3) is 0 Å². The molecule has 0 bridgehead atoms. The molecule has 0 aliphatic carbocycles. The largest absolute Gasteiger partial charge is 0.394 e. The summed E-state index contributed by atoms with van der Waals surface area (Å²) in [5.41, 5.74) is 0. The van der Waals surface area contributed by atoms with Crippen LogP contribution >= 0.6 is 0 Å². The number of nitrogens with one attached hydrogen (secondary N) is 1. The third-order valence-electron chi connectivity index (χ3n) is 13.0. The number of hydrogen-bond donors (Lipinski definition) is 9. The molecule has 2 saturated heterocycles. The van der Waals surface area contributed by atoms with Crippen LogP contribution in [0.15, 0.2) is 12.2 Å². The van der Waals surface area contributed by atoms with E-state index in [0.717, 1.165) is 32.1 Å². The van der Waals surface area contributed by atoms with Crippen LogP contribution in [-0.4, -0.2) is 140 Å². The Hall–Kier alpha value is -1.27. The van der Waals surface area contributed by atoms with Crippen molar-refractivity contribution >= 4 is 5.91 Å². The lowest BCUT2D eigenvalue weighted by atomic mass is 9.97. The van der Waals surface area contributed by atoms with Gasteiger partial charge in [-0.2, -0.15) is 0 Å². The first kappa shape index (κ1) is 58.9. The zero-order valence-electron chi connectivity index (χ0n) is 40.0. The molecule has 14 nitrogen and oxygen atoms in total. The molecule has 2 aliphatic heterocycles. The number of carbonyl (C=O) groups is 1. The average molecular weight is 918 g/mol. The molecule has 0 spiro atoms. The second-order valence-electron chi connectivity index (χ2n) is 18.7. The van der Waals surface area contributed by atoms with E-state index in [1.807, 2.05) is 13.0 Å². The number of ether oxygens (including phenoxy) is 4. The number of rotatable bonds is 40. The third-order valence-corrected chi connectivity index (χ3v) is 13.0. The van der Waals surface area contributed by atoms with Gasteiger partial charge in [-0.25, -0.2) is 0 Å². The van der Waals surface area contributed by atoms with Crippen LogP contribution < -0.4 is 5.32 Å². The van der Waals surface area contributed by atoms with Crippen LogP contribution in [0.1, 0.15) is 206 Å². The fourth-order valence-corrected chi connectivity index (χ4v) is 8.70. The van der Waals surface area contributed by atoms with Gasteiger partial charge in [-0.15, -0.1) is 0 Å². The predicted molar refractivity (Wildman–Crippen MR) is 249 cm³/mol. The molecule has 64 heavy (non-hydrogen) atoms. The first-order valence-corrected chi connectivity index (χ1v) is 25.9. The summed E-state index contributed by atoms with van der Waals surface area (Å²) in [5.74, 6) is -0.263. The van der Waals surface area contributed by atoms with E-state index in [1.54, 1.807) is 6.08 Å². The number of amides is 1. The maximum absolute atomic E-state index is 12.8. The SMILES string of the molecule is CCCCCCCCCCCCCCCCCCCCCCCCCCC/C=C/C(O)C(COC1OC(CO)C(OC2OC(CO)C(O)C(O)C2O)C(O)C1O)NC(=O)CCCCC. The molecular weight excluding hydrogens is 823 g/mol. The highest BCUT2D eigenvalue weighted by atomic mass is 16.7.